The summed E-state index contributed by atoms with van der Waals surface area (Å²) in [5, 5.41) is 5.34. The average molecular weight is 289 g/mol. The molecule has 0 bridgehead atoms. The van der Waals surface area contributed by atoms with E-state index in [1.165, 1.54) is 0 Å². The number of furan rings is 1. The van der Waals surface area contributed by atoms with Crippen LogP contribution in [0.1, 0.15) is 18.4 Å². The van der Waals surface area contributed by atoms with Gasteiger partial charge in [-0.2, -0.15) is 0 Å². The number of hydrogen-bond donors (Lipinski definition) is 2. The van der Waals surface area contributed by atoms with Gasteiger partial charge in [-0.15, -0.1) is 0 Å². The van der Waals surface area contributed by atoms with E-state index in [-0.39, 0.29) is 0 Å². The third-order valence-corrected chi connectivity index (χ3v) is 3.86. The van der Waals surface area contributed by atoms with E-state index in [9.17, 15) is 0 Å². The molecule has 0 saturated heterocycles. The fourth-order valence-electron chi connectivity index (χ4n) is 2.36. The van der Waals surface area contributed by atoms with Gasteiger partial charge in [0, 0.05) is 35.6 Å². The first kappa shape index (κ1) is 13.3. The first-order valence-electron chi connectivity index (χ1n) is 6.75. The van der Waals surface area contributed by atoms with Crippen molar-refractivity contribution in [2.75, 3.05) is 0 Å². The zero-order valence-corrected chi connectivity index (χ0v) is 12.1. The lowest BCUT2D eigenvalue weighted by atomic mass is 10.2. The summed E-state index contributed by atoms with van der Waals surface area (Å²) in [6.07, 6.45) is 2.57. The molecule has 1 aromatic carbocycles. The maximum Gasteiger partial charge on any atom is 0.105 e. The number of fused-ring (bicyclic) bond motifs is 1. The van der Waals surface area contributed by atoms with Crippen LogP contribution in [-0.4, -0.2) is 11.0 Å². The molecule has 3 nitrogen and oxygen atoms in total. The molecule has 0 fully saturated rings. The van der Waals surface area contributed by atoms with Crippen LogP contribution < -0.4 is 5.32 Å². The van der Waals surface area contributed by atoms with Gasteiger partial charge < -0.3 is 14.7 Å². The summed E-state index contributed by atoms with van der Waals surface area (Å²) < 4.78 is 5.35. The topological polar surface area (TPSA) is 41.0 Å². The summed E-state index contributed by atoms with van der Waals surface area (Å²) in [6.45, 7) is 2.86. The number of rotatable bonds is 5. The minimum Gasteiger partial charge on any atom is -0.469 e. The Kier molecular flexibility index (Phi) is 3.81. The Balaban J connectivity index is 1.66. The molecule has 4 heteroatoms. The zero-order valence-electron chi connectivity index (χ0n) is 11.3. The van der Waals surface area contributed by atoms with Crippen LogP contribution in [0, 0.1) is 0 Å². The van der Waals surface area contributed by atoms with Gasteiger partial charge in [-0.3, -0.25) is 0 Å². The van der Waals surface area contributed by atoms with Crippen molar-refractivity contribution in [3.05, 3.63) is 59.1 Å². The molecule has 104 valence electrons. The van der Waals surface area contributed by atoms with Crippen molar-refractivity contribution in [1.29, 1.82) is 0 Å². The molecule has 2 aromatic heterocycles. The van der Waals surface area contributed by atoms with Gasteiger partial charge in [0.25, 0.3) is 0 Å². The zero-order chi connectivity index (χ0) is 13.9. The largest absolute Gasteiger partial charge is 0.469 e. The van der Waals surface area contributed by atoms with Gasteiger partial charge in [0.1, 0.15) is 5.76 Å². The molecule has 0 aliphatic heterocycles. The molecule has 20 heavy (non-hydrogen) atoms. The van der Waals surface area contributed by atoms with E-state index in [1.54, 1.807) is 6.26 Å². The Hall–Kier alpha value is -1.71. The summed E-state index contributed by atoms with van der Waals surface area (Å²) in [7, 11) is 0. The van der Waals surface area contributed by atoms with Gasteiger partial charge in [-0.05, 0) is 25.1 Å². The second kappa shape index (κ2) is 5.73. The number of aromatic amines is 1. The average Bonchev–Trinajstić information content (AvgIpc) is 3.06. The van der Waals surface area contributed by atoms with Crippen LogP contribution in [-0.2, 0) is 13.0 Å². The van der Waals surface area contributed by atoms with Crippen LogP contribution in [0.15, 0.2) is 47.1 Å². The lowest BCUT2D eigenvalue weighted by Gasteiger charge is -2.11. The first-order chi connectivity index (χ1) is 9.74. The van der Waals surface area contributed by atoms with E-state index < -0.39 is 0 Å². The molecular formula is C16H17ClN2O. The Morgan fingerprint density at radius 3 is 2.85 bits per heavy atom. The van der Waals surface area contributed by atoms with Crippen LogP contribution in [0.4, 0.5) is 0 Å². The third-order valence-electron chi connectivity index (χ3n) is 3.43. The fraction of sp³-hybridized carbons (Fsp3) is 0.250. The van der Waals surface area contributed by atoms with Crippen molar-refractivity contribution in [3.8, 4) is 0 Å². The molecule has 0 radical (unpaired) electrons. The van der Waals surface area contributed by atoms with Crippen LogP contribution in [0.3, 0.4) is 0 Å². The molecule has 0 spiro atoms. The van der Waals surface area contributed by atoms with Gasteiger partial charge in [-0.1, -0.05) is 29.8 Å². The van der Waals surface area contributed by atoms with Crippen molar-refractivity contribution < 1.29 is 4.42 Å². The summed E-state index contributed by atoms with van der Waals surface area (Å²) in [6, 6.07) is 12.3. The molecular weight excluding hydrogens is 272 g/mol. The lowest BCUT2D eigenvalue weighted by Crippen LogP contribution is -2.27. The number of halogens is 1. The molecule has 0 aliphatic carbocycles. The Morgan fingerprint density at radius 1 is 1.25 bits per heavy atom. The SMILES string of the molecule is CC(Cc1ccco1)NCc1[nH]c2ccccc2c1Cl. The van der Waals surface area contributed by atoms with Gasteiger partial charge in [-0.25, -0.2) is 0 Å². The van der Waals surface area contributed by atoms with Crippen LogP contribution in [0.25, 0.3) is 10.9 Å². The van der Waals surface area contributed by atoms with Gasteiger partial charge >= 0.3 is 0 Å². The van der Waals surface area contributed by atoms with Gasteiger partial charge in [0.15, 0.2) is 0 Å². The minimum atomic E-state index is 0.323. The predicted octanol–water partition coefficient (Wildman–Crippen LogP) is 4.14. The van der Waals surface area contributed by atoms with Crippen molar-refractivity contribution in [2.45, 2.75) is 25.9 Å². The summed E-state index contributed by atoms with van der Waals surface area (Å²) in [5.74, 6) is 0.993. The van der Waals surface area contributed by atoms with Crippen molar-refractivity contribution in [2.24, 2.45) is 0 Å². The normalized spacial score (nSPS) is 12.9. The number of H-pyrrole nitrogens is 1. The molecule has 3 aromatic rings. The minimum absolute atomic E-state index is 0.323. The van der Waals surface area contributed by atoms with E-state index in [2.05, 4.69) is 17.2 Å². The second-order valence-corrected chi connectivity index (χ2v) is 5.41. The molecule has 2 heterocycles. The maximum absolute atomic E-state index is 6.39. The van der Waals surface area contributed by atoms with Crippen LogP contribution >= 0.6 is 11.6 Å². The van der Waals surface area contributed by atoms with E-state index in [0.29, 0.717) is 6.04 Å². The highest BCUT2D eigenvalue weighted by Gasteiger charge is 2.10. The van der Waals surface area contributed by atoms with Crippen LogP contribution in [0.2, 0.25) is 5.02 Å². The molecule has 2 N–H and O–H groups in total. The quantitative estimate of drug-likeness (QED) is 0.741. The van der Waals surface area contributed by atoms with Crippen molar-refractivity contribution in [3.63, 3.8) is 0 Å². The van der Waals surface area contributed by atoms with E-state index >= 15 is 0 Å². The summed E-state index contributed by atoms with van der Waals surface area (Å²) in [4.78, 5) is 3.36. The number of aromatic nitrogens is 1. The van der Waals surface area contributed by atoms with Gasteiger partial charge in [0.05, 0.1) is 11.3 Å². The highest BCUT2D eigenvalue weighted by atomic mass is 35.5. The monoisotopic (exact) mass is 288 g/mol. The van der Waals surface area contributed by atoms with Crippen LogP contribution in [0.5, 0.6) is 0 Å². The molecule has 1 atom stereocenters. The van der Waals surface area contributed by atoms with E-state index in [4.69, 9.17) is 16.0 Å². The fourth-order valence-corrected chi connectivity index (χ4v) is 2.64. The number of hydrogen-bond acceptors (Lipinski definition) is 2. The smallest absolute Gasteiger partial charge is 0.105 e. The van der Waals surface area contributed by atoms with Crippen molar-refractivity contribution >= 4 is 22.5 Å². The lowest BCUT2D eigenvalue weighted by molar-refractivity contribution is 0.455. The summed E-state index contributed by atoms with van der Waals surface area (Å²) in [5.41, 5.74) is 2.10. The number of nitrogens with one attached hydrogen (secondary N) is 2. The highest BCUT2D eigenvalue weighted by molar-refractivity contribution is 6.36. The Labute approximate surface area is 122 Å². The summed E-state index contributed by atoms with van der Waals surface area (Å²) >= 11 is 6.39. The molecule has 1 unspecified atom stereocenters. The number of para-hydroxylation sites is 1. The van der Waals surface area contributed by atoms with E-state index in [0.717, 1.165) is 40.3 Å². The molecule has 0 amide bonds. The maximum atomic E-state index is 6.39. The molecule has 0 aliphatic rings. The molecule has 3 rings (SSSR count). The Morgan fingerprint density at radius 2 is 2.10 bits per heavy atom. The van der Waals surface area contributed by atoms with Crippen molar-refractivity contribution in [1.82, 2.24) is 10.3 Å². The van der Waals surface area contributed by atoms with Gasteiger partial charge in [0.2, 0.25) is 0 Å². The third kappa shape index (κ3) is 2.74. The predicted molar refractivity (Wildman–Crippen MR) is 82.0 cm³/mol. The highest BCUT2D eigenvalue weighted by Crippen LogP contribution is 2.27. The molecule has 0 saturated carbocycles. The Bertz CT molecular complexity index is 688. The second-order valence-electron chi connectivity index (χ2n) is 5.03. The standard InChI is InChI=1S/C16H17ClN2O/c1-11(9-12-5-4-8-20-12)18-10-15-16(17)13-6-2-3-7-14(13)19-15/h2-8,11,18-19H,9-10H2,1H3. The van der Waals surface area contributed by atoms with E-state index in [1.807, 2.05) is 36.4 Å². The number of benzene rings is 1. The first-order valence-corrected chi connectivity index (χ1v) is 7.12.